The fourth-order valence-corrected chi connectivity index (χ4v) is 5.52. The third-order valence-electron chi connectivity index (χ3n) is 6.44. The van der Waals surface area contributed by atoms with Crippen molar-refractivity contribution < 1.29 is 14.0 Å². The largest absolute Gasteiger partial charge is 0.469 e. The van der Waals surface area contributed by atoms with Crippen molar-refractivity contribution in [2.75, 3.05) is 19.6 Å². The molecule has 0 N–H and O–H groups in total. The van der Waals surface area contributed by atoms with Crippen molar-refractivity contribution >= 4 is 23.2 Å². The summed E-state index contributed by atoms with van der Waals surface area (Å²) in [5.74, 6) is 0.596. The molecule has 3 aromatic heterocycles. The molecule has 2 aliphatic heterocycles. The number of hydrogen-bond acceptors (Lipinski definition) is 6. The summed E-state index contributed by atoms with van der Waals surface area (Å²) in [6, 6.07) is 3.58. The van der Waals surface area contributed by atoms with Crippen molar-refractivity contribution in [2.24, 2.45) is 12.5 Å². The van der Waals surface area contributed by atoms with Crippen molar-refractivity contribution in [3.63, 3.8) is 0 Å². The highest BCUT2D eigenvalue weighted by molar-refractivity contribution is 7.09. The summed E-state index contributed by atoms with van der Waals surface area (Å²) in [7, 11) is 1.92. The average molecular weight is 440 g/mol. The molecule has 2 atom stereocenters. The van der Waals surface area contributed by atoms with Crippen LogP contribution in [0.25, 0.3) is 0 Å². The molecule has 5 rings (SSSR count). The van der Waals surface area contributed by atoms with Gasteiger partial charge in [0.1, 0.15) is 5.76 Å². The molecular formula is C22H25N5O3S. The number of hydrogen-bond donors (Lipinski definition) is 0. The van der Waals surface area contributed by atoms with Gasteiger partial charge >= 0.3 is 0 Å². The molecule has 9 heteroatoms. The van der Waals surface area contributed by atoms with E-state index in [-0.39, 0.29) is 24.2 Å². The molecule has 0 aliphatic carbocycles. The fourth-order valence-electron chi connectivity index (χ4n) is 4.92. The van der Waals surface area contributed by atoms with Gasteiger partial charge in [0.05, 0.1) is 47.4 Å². The number of furan rings is 1. The number of carbonyl (C=O) groups excluding carboxylic acids is 2. The van der Waals surface area contributed by atoms with Gasteiger partial charge in [0, 0.05) is 44.2 Å². The molecule has 0 unspecified atom stereocenters. The van der Waals surface area contributed by atoms with Crippen LogP contribution in [0.1, 0.15) is 34.5 Å². The zero-order valence-electron chi connectivity index (χ0n) is 17.7. The van der Waals surface area contributed by atoms with Gasteiger partial charge in [0.25, 0.3) is 0 Å². The minimum atomic E-state index is -0.641. The second-order valence-corrected chi connectivity index (χ2v) is 9.60. The second-order valence-electron chi connectivity index (χ2n) is 8.54. The average Bonchev–Trinajstić information content (AvgIpc) is 3.54. The summed E-state index contributed by atoms with van der Waals surface area (Å²) in [6.07, 6.45) is 6.20. The van der Waals surface area contributed by atoms with E-state index < -0.39 is 5.41 Å². The first-order chi connectivity index (χ1) is 14.9. The molecule has 162 valence electrons. The van der Waals surface area contributed by atoms with E-state index in [1.807, 2.05) is 39.9 Å². The summed E-state index contributed by atoms with van der Waals surface area (Å²) in [5.41, 5.74) is 1.15. The van der Waals surface area contributed by atoms with Crippen LogP contribution < -0.4 is 0 Å². The Morgan fingerprint density at radius 3 is 2.97 bits per heavy atom. The van der Waals surface area contributed by atoms with Crippen LogP contribution in [0.15, 0.2) is 40.7 Å². The Morgan fingerprint density at radius 2 is 2.29 bits per heavy atom. The Balaban J connectivity index is 1.41. The Kier molecular flexibility index (Phi) is 4.92. The third kappa shape index (κ3) is 3.56. The van der Waals surface area contributed by atoms with Gasteiger partial charge in [0.15, 0.2) is 0 Å². The van der Waals surface area contributed by atoms with Crippen LogP contribution in [0, 0.1) is 12.3 Å². The minimum Gasteiger partial charge on any atom is -0.469 e. The highest BCUT2D eigenvalue weighted by Gasteiger charge is 2.58. The van der Waals surface area contributed by atoms with Crippen LogP contribution in [0.4, 0.5) is 0 Å². The smallest absolute Gasteiger partial charge is 0.231 e. The highest BCUT2D eigenvalue weighted by Crippen LogP contribution is 2.49. The standard InChI is InChI=1S/C22H25N5O3S/c1-15-24-16(12-31-15)9-26-6-5-22(21(26)29)13-27(20(28)8-17-4-3-7-30-17)10-18(22)19-11-25(2)14-23-19/h3-4,7,11-12,14,18H,5-6,8-10,13H2,1-2H3/t18-,22+/m0/s1. The van der Waals surface area contributed by atoms with Crippen LogP contribution in [0.5, 0.6) is 0 Å². The van der Waals surface area contributed by atoms with Gasteiger partial charge in [-0.25, -0.2) is 9.97 Å². The molecule has 0 radical (unpaired) electrons. The van der Waals surface area contributed by atoms with E-state index in [9.17, 15) is 9.59 Å². The van der Waals surface area contributed by atoms with Crippen molar-refractivity contribution in [2.45, 2.75) is 32.2 Å². The molecule has 0 aromatic carbocycles. The first-order valence-corrected chi connectivity index (χ1v) is 11.3. The van der Waals surface area contributed by atoms with Gasteiger partial charge in [-0.15, -0.1) is 11.3 Å². The first kappa shape index (κ1) is 20.0. The summed E-state index contributed by atoms with van der Waals surface area (Å²) < 4.78 is 7.25. The second kappa shape index (κ2) is 7.64. The maximum absolute atomic E-state index is 13.7. The van der Waals surface area contributed by atoms with Crippen LogP contribution in [-0.2, 0) is 29.6 Å². The van der Waals surface area contributed by atoms with Gasteiger partial charge in [-0.05, 0) is 25.5 Å². The lowest BCUT2D eigenvalue weighted by Gasteiger charge is -2.27. The van der Waals surface area contributed by atoms with Gasteiger partial charge in [-0.3, -0.25) is 9.59 Å². The normalized spacial score (nSPS) is 23.4. The number of likely N-dealkylation sites (tertiary alicyclic amines) is 2. The predicted molar refractivity (Wildman–Crippen MR) is 114 cm³/mol. The number of rotatable bonds is 5. The lowest BCUT2D eigenvalue weighted by molar-refractivity contribution is -0.137. The zero-order chi connectivity index (χ0) is 21.6. The van der Waals surface area contributed by atoms with Crippen LogP contribution >= 0.6 is 11.3 Å². The maximum atomic E-state index is 13.7. The molecule has 8 nitrogen and oxygen atoms in total. The molecule has 2 fully saturated rings. The van der Waals surface area contributed by atoms with Gasteiger partial charge in [0.2, 0.25) is 11.8 Å². The van der Waals surface area contributed by atoms with Gasteiger partial charge in [-0.1, -0.05) is 0 Å². The number of aryl methyl sites for hydroxylation is 2. The van der Waals surface area contributed by atoms with Crippen molar-refractivity contribution in [3.8, 4) is 0 Å². The van der Waals surface area contributed by atoms with Gasteiger partial charge in [-0.2, -0.15) is 0 Å². The molecule has 2 amide bonds. The quantitative estimate of drug-likeness (QED) is 0.609. The molecule has 3 aromatic rings. The summed E-state index contributed by atoms with van der Waals surface area (Å²) in [5, 5.41) is 3.01. The lowest BCUT2D eigenvalue weighted by atomic mass is 9.75. The van der Waals surface area contributed by atoms with E-state index in [1.165, 1.54) is 0 Å². The monoisotopic (exact) mass is 439 g/mol. The number of thiazole rings is 1. The van der Waals surface area contributed by atoms with E-state index in [0.717, 1.165) is 16.4 Å². The molecule has 0 bridgehead atoms. The van der Waals surface area contributed by atoms with Crippen LogP contribution in [0.2, 0.25) is 0 Å². The Morgan fingerprint density at radius 1 is 1.42 bits per heavy atom. The number of amides is 2. The minimum absolute atomic E-state index is 0.0193. The lowest BCUT2D eigenvalue weighted by Crippen LogP contribution is -2.40. The van der Waals surface area contributed by atoms with E-state index in [4.69, 9.17) is 4.42 Å². The third-order valence-corrected chi connectivity index (χ3v) is 7.27. The van der Waals surface area contributed by atoms with Crippen molar-refractivity contribution in [1.29, 1.82) is 0 Å². The van der Waals surface area contributed by atoms with Gasteiger partial charge < -0.3 is 18.8 Å². The molecule has 2 saturated heterocycles. The Labute approximate surface area is 184 Å². The van der Waals surface area contributed by atoms with Crippen molar-refractivity contribution in [1.82, 2.24) is 24.3 Å². The van der Waals surface area contributed by atoms with E-state index in [1.54, 1.807) is 36.1 Å². The number of nitrogens with zero attached hydrogens (tertiary/aromatic N) is 5. The maximum Gasteiger partial charge on any atom is 0.231 e. The van der Waals surface area contributed by atoms with E-state index in [2.05, 4.69) is 9.97 Å². The zero-order valence-corrected chi connectivity index (χ0v) is 18.5. The molecule has 2 aliphatic rings. The number of aromatic nitrogens is 3. The fraction of sp³-hybridized carbons (Fsp3) is 0.455. The molecule has 1 spiro atoms. The number of carbonyl (C=O) groups is 2. The summed E-state index contributed by atoms with van der Waals surface area (Å²) in [6.45, 7) is 4.06. The summed E-state index contributed by atoms with van der Waals surface area (Å²) >= 11 is 1.60. The number of imidazole rings is 1. The first-order valence-electron chi connectivity index (χ1n) is 10.4. The molecule has 31 heavy (non-hydrogen) atoms. The SMILES string of the molecule is Cc1nc(CN2CC[C@]3(CN(C(=O)Cc4ccco4)C[C@H]3c3cn(C)cn3)C2=O)cs1. The predicted octanol–water partition coefficient (Wildman–Crippen LogP) is 2.37. The van der Waals surface area contributed by atoms with Crippen molar-refractivity contribution in [3.05, 3.63) is 58.5 Å². The van der Waals surface area contributed by atoms with Crippen LogP contribution in [0.3, 0.4) is 0 Å². The molecule has 5 heterocycles. The van der Waals surface area contributed by atoms with Crippen LogP contribution in [-0.4, -0.2) is 55.8 Å². The highest BCUT2D eigenvalue weighted by atomic mass is 32.1. The molecule has 0 saturated carbocycles. The summed E-state index contributed by atoms with van der Waals surface area (Å²) in [4.78, 5) is 39.5. The van der Waals surface area contributed by atoms with E-state index >= 15 is 0 Å². The Bertz CT molecular complexity index is 1100. The molecular weight excluding hydrogens is 414 g/mol. The topological polar surface area (TPSA) is 84.5 Å². The Hall–Kier alpha value is -2.94. The van der Waals surface area contributed by atoms with E-state index in [0.29, 0.717) is 38.4 Å².